The van der Waals surface area contributed by atoms with E-state index in [1.165, 1.54) is 6.20 Å². The highest BCUT2D eigenvalue weighted by molar-refractivity contribution is 7.07. The highest BCUT2D eigenvalue weighted by Crippen LogP contribution is 2.20. The van der Waals surface area contributed by atoms with Gasteiger partial charge in [0.25, 0.3) is 5.91 Å². The van der Waals surface area contributed by atoms with Gasteiger partial charge in [0.2, 0.25) is 0 Å². The van der Waals surface area contributed by atoms with Gasteiger partial charge in [0.1, 0.15) is 4.88 Å². The molecular weight excluding hydrogens is 226 g/mol. The first-order chi connectivity index (χ1) is 7.42. The van der Waals surface area contributed by atoms with Crippen LogP contribution < -0.4 is 5.32 Å². The molecule has 2 N–H and O–H groups in total. The minimum atomic E-state index is -0.227. The summed E-state index contributed by atoms with van der Waals surface area (Å²) in [4.78, 5) is 12.1. The largest absolute Gasteiger partial charge is 0.394 e. The molecule has 0 fully saturated rings. The maximum atomic E-state index is 11.7. The van der Waals surface area contributed by atoms with Crippen molar-refractivity contribution in [1.29, 1.82) is 0 Å². The maximum absolute atomic E-state index is 11.7. The summed E-state index contributed by atoms with van der Waals surface area (Å²) >= 11 is 1.05. The summed E-state index contributed by atoms with van der Waals surface area (Å²) in [6.07, 6.45) is 2.15. The number of aromatic nitrogens is 2. The Balaban J connectivity index is 2.54. The summed E-state index contributed by atoms with van der Waals surface area (Å²) in [6, 6.07) is -0.227. The molecule has 5 nitrogen and oxygen atoms in total. The van der Waals surface area contributed by atoms with Crippen LogP contribution in [0.3, 0.4) is 0 Å². The van der Waals surface area contributed by atoms with Crippen molar-refractivity contribution in [2.75, 3.05) is 6.61 Å². The number of hydrogen-bond acceptors (Lipinski definition) is 5. The number of rotatable bonds is 4. The molecule has 0 saturated heterocycles. The average molecular weight is 243 g/mol. The predicted octanol–water partition coefficient (Wildman–Crippen LogP) is 1.06. The van der Waals surface area contributed by atoms with E-state index in [9.17, 15) is 9.90 Å². The molecule has 1 amide bonds. The lowest BCUT2D eigenvalue weighted by Gasteiger charge is -2.25. The smallest absolute Gasteiger partial charge is 0.264 e. The topological polar surface area (TPSA) is 75.1 Å². The van der Waals surface area contributed by atoms with Gasteiger partial charge in [-0.3, -0.25) is 4.79 Å². The van der Waals surface area contributed by atoms with Crippen LogP contribution in [0.4, 0.5) is 0 Å². The van der Waals surface area contributed by atoms with E-state index in [1.807, 2.05) is 0 Å². The van der Waals surface area contributed by atoms with E-state index in [2.05, 4.69) is 35.7 Å². The highest BCUT2D eigenvalue weighted by atomic mass is 32.1. The Morgan fingerprint density at radius 1 is 1.62 bits per heavy atom. The fourth-order valence-electron chi connectivity index (χ4n) is 1.42. The van der Waals surface area contributed by atoms with Crippen molar-refractivity contribution in [2.24, 2.45) is 5.41 Å². The van der Waals surface area contributed by atoms with Gasteiger partial charge in [-0.05, 0) is 23.4 Å². The lowest BCUT2D eigenvalue weighted by atomic mass is 9.88. The van der Waals surface area contributed by atoms with Crippen LogP contribution in [0.15, 0.2) is 6.20 Å². The second-order valence-electron chi connectivity index (χ2n) is 4.90. The SMILES string of the molecule is CC(C)(C)CC(CO)NC(=O)c1cnns1. The molecule has 1 unspecified atom stereocenters. The molecule has 0 saturated carbocycles. The van der Waals surface area contributed by atoms with Gasteiger partial charge >= 0.3 is 0 Å². The quantitative estimate of drug-likeness (QED) is 0.829. The van der Waals surface area contributed by atoms with Gasteiger partial charge in [-0.25, -0.2) is 0 Å². The molecule has 0 spiro atoms. The lowest BCUT2D eigenvalue weighted by Crippen LogP contribution is -2.39. The molecule has 0 radical (unpaired) electrons. The second kappa shape index (κ2) is 5.36. The third kappa shape index (κ3) is 4.24. The molecule has 0 aliphatic carbocycles. The van der Waals surface area contributed by atoms with E-state index >= 15 is 0 Å². The predicted molar refractivity (Wildman–Crippen MR) is 62.3 cm³/mol. The molecule has 16 heavy (non-hydrogen) atoms. The van der Waals surface area contributed by atoms with Gasteiger partial charge < -0.3 is 10.4 Å². The van der Waals surface area contributed by atoms with E-state index in [4.69, 9.17) is 0 Å². The van der Waals surface area contributed by atoms with Crippen LogP contribution in [0.25, 0.3) is 0 Å². The zero-order valence-corrected chi connectivity index (χ0v) is 10.5. The number of hydrogen-bond donors (Lipinski definition) is 2. The minimum Gasteiger partial charge on any atom is -0.394 e. The Kier molecular flexibility index (Phi) is 4.37. The van der Waals surface area contributed by atoms with E-state index in [1.54, 1.807) is 0 Å². The van der Waals surface area contributed by atoms with Crippen molar-refractivity contribution in [3.8, 4) is 0 Å². The van der Waals surface area contributed by atoms with Crippen LogP contribution in [0, 0.1) is 5.41 Å². The Morgan fingerprint density at radius 2 is 2.31 bits per heavy atom. The van der Waals surface area contributed by atoms with Crippen LogP contribution in [0.2, 0.25) is 0 Å². The highest BCUT2D eigenvalue weighted by Gasteiger charge is 2.20. The second-order valence-corrected chi connectivity index (χ2v) is 5.69. The van der Waals surface area contributed by atoms with Crippen molar-refractivity contribution in [3.05, 3.63) is 11.1 Å². The summed E-state index contributed by atoms with van der Waals surface area (Å²) in [6.45, 7) is 6.14. The van der Waals surface area contributed by atoms with Crippen LogP contribution in [0.5, 0.6) is 0 Å². The Hall–Kier alpha value is -1.01. The molecule has 1 rings (SSSR count). The van der Waals surface area contributed by atoms with Crippen LogP contribution in [-0.2, 0) is 0 Å². The number of aliphatic hydroxyl groups excluding tert-OH is 1. The van der Waals surface area contributed by atoms with Crippen LogP contribution in [0.1, 0.15) is 36.9 Å². The normalized spacial score (nSPS) is 13.5. The summed E-state index contributed by atoms with van der Waals surface area (Å²) in [5, 5.41) is 15.6. The third-order valence-corrected chi connectivity index (χ3v) is 2.66. The van der Waals surface area contributed by atoms with E-state index in [-0.39, 0.29) is 24.0 Å². The van der Waals surface area contributed by atoms with Crippen molar-refractivity contribution < 1.29 is 9.90 Å². The van der Waals surface area contributed by atoms with Gasteiger partial charge in [0.15, 0.2) is 0 Å². The maximum Gasteiger partial charge on any atom is 0.264 e. The number of nitrogens with zero attached hydrogens (tertiary/aromatic N) is 2. The van der Waals surface area contributed by atoms with Gasteiger partial charge in [-0.15, -0.1) is 5.10 Å². The fourth-order valence-corrected chi connectivity index (χ4v) is 1.84. The lowest BCUT2D eigenvalue weighted by molar-refractivity contribution is 0.0901. The summed E-state index contributed by atoms with van der Waals surface area (Å²) in [7, 11) is 0. The van der Waals surface area contributed by atoms with Crippen LogP contribution >= 0.6 is 11.5 Å². The first kappa shape index (κ1) is 13.1. The molecule has 0 aliphatic heterocycles. The molecule has 0 bridgehead atoms. The van der Waals surface area contributed by atoms with E-state index < -0.39 is 0 Å². The van der Waals surface area contributed by atoms with E-state index in [0.29, 0.717) is 4.88 Å². The van der Waals surface area contributed by atoms with Gasteiger partial charge in [-0.2, -0.15) is 0 Å². The number of nitrogens with one attached hydrogen (secondary N) is 1. The van der Waals surface area contributed by atoms with Crippen molar-refractivity contribution in [2.45, 2.75) is 33.2 Å². The molecule has 1 atom stereocenters. The van der Waals surface area contributed by atoms with Crippen molar-refractivity contribution in [3.63, 3.8) is 0 Å². The Bertz CT molecular complexity index is 332. The Morgan fingerprint density at radius 3 is 2.75 bits per heavy atom. The molecule has 1 aromatic heterocycles. The van der Waals surface area contributed by atoms with Gasteiger partial charge in [0, 0.05) is 0 Å². The minimum absolute atomic E-state index is 0.0603. The summed E-state index contributed by atoms with van der Waals surface area (Å²) in [5.41, 5.74) is 0.0621. The average Bonchev–Trinajstić information content (AvgIpc) is 2.67. The molecule has 90 valence electrons. The zero-order valence-electron chi connectivity index (χ0n) is 9.73. The van der Waals surface area contributed by atoms with Gasteiger partial charge in [-0.1, -0.05) is 25.3 Å². The number of carbonyl (C=O) groups is 1. The van der Waals surface area contributed by atoms with E-state index in [0.717, 1.165) is 18.0 Å². The standard InChI is InChI=1S/C10H17N3O2S/c1-10(2,3)4-7(6-14)12-9(15)8-5-11-13-16-8/h5,7,14H,4,6H2,1-3H3,(H,12,15). The molecule has 0 aliphatic rings. The molecule has 1 aromatic rings. The number of aliphatic hydroxyl groups is 1. The Labute approximate surface area is 99.0 Å². The van der Waals surface area contributed by atoms with Crippen molar-refractivity contribution in [1.82, 2.24) is 14.9 Å². The van der Waals surface area contributed by atoms with Crippen LogP contribution in [-0.4, -0.2) is 33.2 Å². The zero-order chi connectivity index (χ0) is 12.2. The molecular formula is C10H17N3O2S. The molecule has 6 heteroatoms. The third-order valence-electron chi connectivity index (χ3n) is 2.00. The summed E-state index contributed by atoms with van der Waals surface area (Å²) in [5.74, 6) is -0.224. The molecule has 0 aromatic carbocycles. The van der Waals surface area contributed by atoms with Crippen molar-refractivity contribution >= 4 is 17.4 Å². The first-order valence-electron chi connectivity index (χ1n) is 5.11. The number of carbonyl (C=O) groups excluding carboxylic acids is 1. The van der Waals surface area contributed by atoms with Gasteiger partial charge in [0.05, 0.1) is 18.8 Å². The first-order valence-corrected chi connectivity index (χ1v) is 5.89. The number of amides is 1. The summed E-state index contributed by atoms with van der Waals surface area (Å²) < 4.78 is 3.62. The molecule has 1 heterocycles. The fraction of sp³-hybridized carbons (Fsp3) is 0.700. The monoisotopic (exact) mass is 243 g/mol.